The maximum absolute atomic E-state index is 5.68. The van der Waals surface area contributed by atoms with E-state index in [4.69, 9.17) is 4.74 Å². The van der Waals surface area contributed by atoms with Crippen LogP contribution in [0.5, 0.6) is 5.75 Å². The molecule has 0 aliphatic carbocycles. The highest BCUT2D eigenvalue weighted by atomic mass is 16.5. The molecule has 0 unspecified atom stereocenters. The minimum absolute atomic E-state index is 0.660. The summed E-state index contributed by atoms with van der Waals surface area (Å²) in [4.78, 5) is 4.25. The average molecular weight is 363 g/mol. The average Bonchev–Trinajstić information content (AvgIpc) is 3.20. The van der Waals surface area contributed by atoms with E-state index in [2.05, 4.69) is 20.7 Å². The predicted molar refractivity (Wildman–Crippen MR) is 108 cm³/mol. The Bertz CT molecular complexity index is 830. The van der Waals surface area contributed by atoms with Gasteiger partial charge >= 0.3 is 0 Å². The highest BCUT2D eigenvalue weighted by Gasteiger charge is 2.02. The molecule has 2 N–H and O–H groups in total. The molecule has 27 heavy (non-hydrogen) atoms. The molecule has 0 saturated carbocycles. The number of nitrogens with zero attached hydrogens (tertiary/aromatic N) is 3. The van der Waals surface area contributed by atoms with Crippen LogP contribution in [0.25, 0.3) is 5.69 Å². The number of ether oxygens (including phenoxy) is 1. The van der Waals surface area contributed by atoms with E-state index in [1.54, 1.807) is 7.05 Å². The third-order valence-corrected chi connectivity index (χ3v) is 3.97. The number of nitrogens with one attached hydrogen (secondary N) is 2. The first-order valence-electron chi connectivity index (χ1n) is 9.06. The quantitative estimate of drug-likeness (QED) is 0.367. The molecule has 1 heterocycles. The van der Waals surface area contributed by atoms with Gasteiger partial charge in [-0.3, -0.25) is 4.99 Å². The van der Waals surface area contributed by atoms with Crippen LogP contribution in [-0.4, -0.2) is 35.9 Å². The van der Waals surface area contributed by atoms with Crippen LogP contribution in [0.2, 0.25) is 0 Å². The summed E-state index contributed by atoms with van der Waals surface area (Å²) in [7, 11) is 1.77. The molecule has 0 atom stereocenters. The van der Waals surface area contributed by atoms with Gasteiger partial charge in [0.25, 0.3) is 0 Å². The Labute approximate surface area is 159 Å². The molecule has 0 radical (unpaired) electrons. The van der Waals surface area contributed by atoms with Crippen molar-refractivity contribution in [2.24, 2.45) is 4.99 Å². The minimum atomic E-state index is 0.660. The van der Waals surface area contributed by atoms with Crippen LogP contribution in [0.4, 0.5) is 0 Å². The lowest BCUT2D eigenvalue weighted by Crippen LogP contribution is -2.37. The summed E-state index contributed by atoms with van der Waals surface area (Å²) in [5.41, 5.74) is 2.14. The van der Waals surface area contributed by atoms with Crippen molar-refractivity contribution in [3.05, 3.63) is 78.6 Å². The Kier molecular flexibility index (Phi) is 6.86. The summed E-state index contributed by atoms with van der Waals surface area (Å²) in [6.07, 6.45) is 4.77. The maximum Gasteiger partial charge on any atom is 0.191 e. The number of guanidine groups is 1. The Hall–Kier alpha value is -3.28. The third kappa shape index (κ3) is 5.88. The Morgan fingerprint density at radius 1 is 1.04 bits per heavy atom. The SMILES string of the molecule is CN=C(NCCCOc1ccccc1)NCc1cnn(-c2ccccc2)c1. The van der Waals surface area contributed by atoms with Gasteiger partial charge in [0.05, 0.1) is 18.5 Å². The van der Waals surface area contributed by atoms with Gasteiger partial charge in [0.15, 0.2) is 5.96 Å². The maximum atomic E-state index is 5.68. The van der Waals surface area contributed by atoms with Gasteiger partial charge in [0.1, 0.15) is 5.75 Å². The smallest absolute Gasteiger partial charge is 0.191 e. The van der Waals surface area contributed by atoms with Crippen molar-refractivity contribution in [2.75, 3.05) is 20.2 Å². The summed E-state index contributed by atoms with van der Waals surface area (Å²) in [5, 5.41) is 11.0. The highest BCUT2D eigenvalue weighted by Crippen LogP contribution is 2.08. The van der Waals surface area contributed by atoms with Gasteiger partial charge in [-0.1, -0.05) is 36.4 Å². The van der Waals surface area contributed by atoms with Crippen molar-refractivity contribution >= 4 is 5.96 Å². The summed E-state index contributed by atoms with van der Waals surface area (Å²) >= 11 is 0. The molecule has 0 amide bonds. The Balaban J connectivity index is 1.37. The number of aliphatic imine (C=N–C) groups is 1. The van der Waals surface area contributed by atoms with Crippen LogP contribution in [0.3, 0.4) is 0 Å². The number of aromatic nitrogens is 2. The normalized spacial score (nSPS) is 11.2. The van der Waals surface area contributed by atoms with Crippen molar-refractivity contribution in [3.8, 4) is 11.4 Å². The predicted octanol–water partition coefficient (Wildman–Crippen LogP) is 3.01. The molecule has 140 valence electrons. The second-order valence-corrected chi connectivity index (χ2v) is 6.00. The van der Waals surface area contributed by atoms with Gasteiger partial charge < -0.3 is 15.4 Å². The lowest BCUT2D eigenvalue weighted by Gasteiger charge is -2.11. The first-order chi connectivity index (χ1) is 13.3. The minimum Gasteiger partial charge on any atom is -0.494 e. The molecule has 3 rings (SSSR count). The molecule has 0 aliphatic heterocycles. The van der Waals surface area contributed by atoms with Gasteiger partial charge in [-0.25, -0.2) is 4.68 Å². The second-order valence-electron chi connectivity index (χ2n) is 6.00. The van der Waals surface area contributed by atoms with Crippen molar-refractivity contribution in [1.82, 2.24) is 20.4 Å². The van der Waals surface area contributed by atoms with Crippen molar-refractivity contribution < 1.29 is 4.74 Å². The van der Waals surface area contributed by atoms with Crippen LogP contribution >= 0.6 is 0 Å². The van der Waals surface area contributed by atoms with Crippen molar-refractivity contribution in [2.45, 2.75) is 13.0 Å². The molecule has 0 fully saturated rings. The van der Waals surface area contributed by atoms with E-state index in [9.17, 15) is 0 Å². The van der Waals surface area contributed by atoms with Crippen molar-refractivity contribution in [1.29, 1.82) is 0 Å². The third-order valence-electron chi connectivity index (χ3n) is 3.97. The van der Waals surface area contributed by atoms with E-state index in [0.717, 1.165) is 35.9 Å². The number of hydrogen-bond acceptors (Lipinski definition) is 3. The van der Waals surface area contributed by atoms with Crippen LogP contribution in [0.1, 0.15) is 12.0 Å². The van der Waals surface area contributed by atoms with E-state index >= 15 is 0 Å². The van der Waals surface area contributed by atoms with Crippen LogP contribution in [-0.2, 0) is 6.54 Å². The van der Waals surface area contributed by atoms with E-state index in [-0.39, 0.29) is 0 Å². The summed E-state index contributed by atoms with van der Waals surface area (Å²) in [6.45, 7) is 2.11. The number of benzene rings is 2. The summed E-state index contributed by atoms with van der Waals surface area (Å²) in [6, 6.07) is 19.9. The number of para-hydroxylation sites is 2. The molecule has 0 bridgehead atoms. The molecule has 1 aromatic heterocycles. The van der Waals surface area contributed by atoms with E-state index in [1.807, 2.05) is 77.7 Å². The largest absolute Gasteiger partial charge is 0.494 e. The molecule has 6 heteroatoms. The molecule has 2 aromatic carbocycles. The lowest BCUT2D eigenvalue weighted by molar-refractivity contribution is 0.311. The van der Waals surface area contributed by atoms with Crippen LogP contribution in [0.15, 0.2) is 78.0 Å². The molecule has 6 nitrogen and oxygen atoms in total. The zero-order valence-electron chi connectivity index (χ0n) is 15.5. The van der Waals surface area contributed by atoms with E-state index < -0.39 is 0 Å². The second kappa shape index (κ2) is 10.0. The fourth-order valence-electron chi connectivity index (χ4n) is 2.57. The first-order valence-corrected chi connectivity index (χ1v) is 9.06. The zero-order chi connectivity index (χ0) is 18.7. The standard InChI is InChI=1S/C21H25N5O/c1-22-21(23-13-8-14-27-20-11-6-3-7-12-20)24-15-18-16-25-26(17-18)19-9-4-2-5-10-19/h2-7,9-12,16-17H,8,13-15H2,1H3,(H2,22,23,24). The van der Waals surface area contributed by atoms with Gasteiger partial charge in [-0.05, 0) is 30.7 Å². The summed E-state index contributed by atoms with van der Waals surface area (Å²) < 4.78 is 7.55. The topological polar surface area (TPSA) is 63.5 Å². The fraction of sp³-hybridized carbons (Fsp3) is 0.238. The molecule has 0 saturated heterocycles. The van der Waals surface area contributed by atoms with E-state index in [0.29, 0.717) is 13.2 Å². The number of rotatable bonds is 8. The summed E-state index contributed by atoms with van der Waals surface area (Å²) in [5.74, 6) is 1.66. The van der Waals surface area contributed by atoms with Gasteiger partial charge in [-0.15, -0.1) is 0 Å². The lowest BCUT2D eigenvalue weighted by atomic mass is 10.3. The highest BCUT2D eigenvalue weighted by molar-refractivity contribution is 5.79. The van der Waals surface area contributed by atoms with Crippen LogP contribution in [0, 0.1) is 0 Å². The molecule has 3 aromatic rings. The first kappa shape index (κ1) is 18.5. The molecular formula is C21H25N5O. The number of hydrogen-bond donors (Lipinski definition) is 2. The van der Waals surface area contributed by atoms with Gasteiger partial charge in [0, 0.05) is 31.9 Å². The zero-order valence-corrected chi connectivity index (χ0v) is 15.5. The van der Waals surface area contributed by atoms with Gasteiger partial charge in [0.2, 0.25) is 0 Å². The Morgan fingerprint density at radius 3 is 2.52 bits per heavy atom. The van der Waals surface area contributed by atoms with Gasteiger partial charge in [-0.2, -0.15) is 5.10 Å². The monoisotopic (exact) mass is 363 g/mol. The fourth-order valence-corrected chi connectivity index (χ4v) is 2.57. The van der Waals surface area contributed by atoms with Crippen molar-refractivity contribution in [3.63, 3.8) is 0 Å². The van der Waals surface area contributed by atoms with Crippen LogP contribution < -0.4 is 15.4 Å². The Morgan fingerprint density at radius 2 is 1.78 bits per heavy atom. The molecule has 0 spiro atoms. The molecular weight excluding hydrogens is 338 g/mol. The molecule has 0 aliphatic rings. The van der Waals surface area contributed by atoms with E-state index in [1.165, 1.54) is 0 Å².